The minimum Gasteiger partial charge on any atom is -0.325 e. The molecule has 1 N–H and O–H groups in total. The highest BCUT2D eigenvalue weighted by atomic mass is 35.5. The van der Waals surface area contributed by atoms with Crippen LogP contribution in [-0.2, 0) is 4.79 Å². The van der Waals surface area contributed by atoms with E-state index in [2.05, 4.69) is 5.32 Å². The summed E-state index contributed by atoms with van der Waals surface area (Å²) >= 11 is 7.58. The summed E-state index contributed by atoms with van der Waals surface area (Å²) in [6, 6.07) is 5.53. The fourth-order valence-electron chi connectivity index (χ4n) is 1.33. The maximum absolute atomic E-state index is 11.8. The summed E-state index contributed by atoms with van der Waals surface area (Å²) in [5.74, 6) is 0.836. The average molecular weight is 242 g/mol. The third kappa shape index (κ3) is 2.13. The lowest BCUT2D eigenvalue weighted by atomic mass is 9.95. The Hall–Kier alpha value is -0.670. The molecule has 80 valence electrons. The maximum atomic E-state index is 11.8. The molecule has 15 heavy (non-hydrogen) atoms. The zero-order valence-corrected chi connectivity index (χ0v) is 10.2. The number of hydrogen-bond acceptors (Lipinski definition) is 2. The molecule has 0 saturated heterocycles. The molecule has 4 heteroatoms. The average Bonchev–Trinajstić information content (AvgIpc) is 2.27. The highest BCUT2D eigenvalue weighted by Crippen LogP contribution is 2.38. The van der Waals surface area contributed by atoms with Gasteiger partial charge in [0.2, 0.25) is 5.91 Å². The molecule has 0 saturated carbocycles. The SMILES string of the molecule is CC1(C)CSc2cc(Cl)ccc2NC1=O. The normalized spacial score (nSPS) is 19.0. The molecule has 0 aromatic heterocycles. The molecule has 1 aromatic carbocycles. The predicted molar refractivity (Wildman–Crippen MR) is 64.6 cm³/mol. The molecule has 1 aromatic rings. The van der Waals surface area contributed by atoms with Gasteiger partial charge in [-0.25, -0.2) is 0 Å². The molecule has 0 atom stereocenters. The van der Waals surface area contributed by atoms with Crippen LogP contribution in [0.1, 0.15) is 13.8 Å². The fraction of sp³-hybridized carbons (Fsp3) is 0.364. The van der Waals surface area contributed by atoms with E-state index in [9.17, 15) is 4.79 Å². The van der Waals surface area contributed by atoms with Crippen LogP contribution in [0, 0.1) is 5.41 Å². The zero-order chi connectivity index (χ0) is 11.1. The Morgan fingerprint density at radius 2 is 2.20 bits per heavy atom. The first-order valence-electron chi connectivity index (χ1n) is 4.73. The smallest absolute Gasteiger partial charge is 0.230 e. The molecular formula is C11H12ClNOS. The van der Waals surface area contributed by atoms with Crippen LogP contribution >= 0.6 is 23.4 Å². The molecular weight excluding hydrogens is 230 g/mol. The molecule has 0 bridgehead atoms. The van der Waals surface area contributed by atoms with E-state index < -0.39 is 0 Å². The van der Waals surface area contributed by atoms with Crippen LogP contribution in [0.2, 0.25) is 5.02 Å². The quantitative estimate of drug-likeness (QED) is 0.754. The number of carbonyl (C=O) groups excluding carboxylic acids is 1. The van der Waals surface area contributed by atoms with Gasteiger partial charge in [-0.05, 0) is 18.2 Å². The van der Waals surface area contributed by atoms with Crippen molar-refractivity contribution in [2.45, 2.75) is 18.7 Å². The number of amides is 1. The van der Waals surface area contributed by atoms with Crippen molar-refractivity contribution in [3.05, 3.63) is 23.2 Å². The first-order valence-corrected chi connectivity index (χ1v) is 6.09. The number of thioether (sulfide) groups is 1. The number of anilines is 1. The van der Waals surface area contributed by atoms with Gasteiger partial charge >= 0.3 is 0 Å². The number of rotatable bonds is 0. The summed E-state index contributed by atoms with van der Waals surface area (Å²) in [6.07, 6.45) is 0. The Morgan fingerprint density at radius 1 is 1.47 bits per heavy atom. The lowest BCUT2D eigenvalue weighted by molar-refractivity contribution is -0.122. The number of nitrogens with one attached hydrogen (secondary N) is 1. The highest BCUT2D eigenvalue weighted by Gasteiger charge is 2.31. The van der Waals surface area contributed by atoms with Crippen molar-refractivity contribution in [2.24, 2.45) is 5.41 Å². The Morgan fingerprint density at radius 3 is 2.93 bits per heavy atom. The van der Waals surface area contributed by atoms with E-state index in [1.807, 2.05) is 26.0 Å². The largest absolute Gasteiger partial charge is 0.325 e. The van der Waals surface area contributed by atoms with Crippen molar-refractivity contribution in [3.8, 4) is 0 Å². The van der Waals surface area contributed by atoms with Crippen LogP contribution in [-0.4, -0.2) is 11.7 Å². The molecule has 1 heterocycles. The van der Waals surface area contributed by atoms with Crippen molar-refractivity contribution in [1.82, 2.24) is 0 Å². The highest BCUT2D eigenvalue weighted by molar-refractivity contribution is 7.99. The molecule has 1 aliphatic heterocycles. The van der Waals surface area contributed by atoms with Crippen molar-refractivity contribution in [2.75, 3.05) is 11.1 Å². The van der Waals surface area contributed by atoms with E-state index in [4.69, 9.17) is 11.6 Å². The molecule has 0 fully saturated rings. The summed E-state index contributed by atoms with van der Waals surface area (Å²) in [4.78, 5) is 12.9. The minimum absolute atomic E-state index is 0.0658. The summed E-state index contributed by atoms with van der Waals surface area (Å²) in [6.45, 7) is 3.89. The second-order valence-electron chi connectivity index (χ2n) is 4.27. The Bertz CT molecular complexity index is 417. The molecule has 0 spiro atoms. The van der Waals surface area contributed by atoms with Gasteiger partial charge in [-0.2, -0.15) is 0 Å². The summed E-state index contributed by atoms with van der Waals surface area (Å²) < 4.78 is 0. The van der Waals surface area contributed by atoms with E-state index in [-0.39, 0.29) is 11.3 Å². The third-order valence-electron chi connectivity index (χ3n) is 2.40. The predicted octanol–water partition coefficient (Wildman–Crippen LogP) is 3.41. The van der Waals surface area contributed by atoms with Gasteiger partial charge in [0.1, 0.15) is 0 Å². The third-order valence-corrected chi connectivity index (χ3v) is 4.14. The molecule has 0 aliphatic carbocycles. The second-order valence-corrected chi connectivity index (χ2v) is 5.72. The standard InChI is InChI=1S/C11H12ClNOS/c1-11(2)6-15-9-5-7(12)3-4-8(9)13-10(11)14/h3-5H,6H2,1-2H3,(H,13,14). The van der Waals surface area contributed by atoms with Crippen LogP contribution in [0.4, 0.5) is 5.69 Å². The molecule has 0 radical (unpaired) electrons. The lowest BCUT2D eigenvalue weighted by Gasteiger charge is -2.18. The van der Waals surface area contributed by atoms with Crippen LogP contribution in [0.15, 0.2) is 23.1 Å². The topological polar surface area (TPSA) is 29.1 Å². The van der Waals surface area contributed by atoms with Gasteiger partial charge in [0.15, 0.2) is 0 Å². The Balaban J connectivity index is 2.40. The summed E-state index contributed by atoms with van der Waals surface area (Å²) in [5, 5.41) is 3.63. The van der Waals surface area contributed by atoms with Gasteiger partial charge in [0.05, 0.1) is 11.1 Å². The van der Waals surface area contributed by atoms with Gasteiger partial charge in [0.25, 0.3) is 0 Å². The van der Waals surface area contributed by atoms with Crippen molar-refractivity contribution < 1.29 is 4.79 Å². The molecule has 0 unspecified atom stereocenters. The van der Waals surface area contributed by atoms with Crippen molar-refractivity contribution >= 4 is 35.0 Å². The number of carbonyl (C=O) groups is 1. The zero-order valence-electron chi connectivity index (χ0n) is 8.63. The molecule has 2 nitrogen and oxygen atoms in total. The summed E-state index contributed by atoms with van der Waals surface area (Å²) in [5.41, 5.74) is 0.524. The lowest BCUT2D eigenvalue weighted by Crippen LogP contribution is -2.31. The maximum Gasteiger partial charge on any atom is 0.230 e. The van der Waals surface area contributed by atoms with Crippen LogP contribution in [0.3, 0.4) is 0 Å². The van der Waals surface area contributed by atoms with E-state index in [0.29, 0.717) is 5.02 Å². The molecule has 2 rings (SSSR count). The number of halogens is 1. The van der Waals surface area contributed by atoms with E-state index in [1.165, 1.54) is 0 Å². The van der Waals surface area contributed by atoms with E-state index in [0.717, 1.165) is 16.3 Å². The summed E-state index contributed by atoms with van der Waals surface area (Å²) in [7, 11) is 0. The van der Waals surface area contributed by atoms with Gasteiger partial charge in [0, 0.05) is 15.7 Å². The van der Waals surface area contributed by atoms with E-state index >= 15 is 0 Å². The van der Waals surface area contributed by atoms with Crippen molar-refractivity contribution in [3.63, 3.8) is 0 Å². The Labute approximate surface area is 98.4 Å². The van der Waals surface area contributed by atoms with Gasteiger partial charge < -0.3 is 5.32 Å². The van der Waals surface area contributed by atoms with Gasteiger partial charge in [-0.15, -0.1) is 11.8 Å². The Kier molecular flexibility index (Phi) is 2.69. The monoisotopic (exact) mass is 241 g/mol. The fourth-order valence-corrected chi connectivity index (χ4v) is 2.70. The van der Waals surface area contributed by atoms with Crippen molar-refractivity contribution in [1.29, 1.82) is 0 Å². The van der Waals surface area contributed by atoms with Gasteiger partial charge in [-0.3, -0.25) is 4.79 Å². The molecule has 1 aliphatic rings. The number of benzene rings is 1. The van der Waals surface area contributed by atoms with Crippen LogP contribution < -0.4 is 5.32 Å². The second kappa shape index (κ2) is 3.72. The van der Waals surface area contributed by atoms with Crippen LogP contribution in [0.25, 0.3) is 0 Å². The number of fused-ring (bicyclic) bond motifs is 1. The van der Waals surface area contributed by atoms with E-state index in [1.54, 1.807) is 17.8 Å². The first kappa shape index (κ1) is 10.8. The number of hydrogen-bond donors (Lipinski definition) is 1. The van der Waals surface area contributed by atoms with Gasteiger partial charge in [-0.1, -0.05) is 25.4 Å². The minimum atomic E-state index is -0.337. The first-order chi connectivity index (χ1) is 6.99. The van der Waals surface area contributed by atoms with Crippen LogP contribution in [0.5, 0.6) is 0 Å². The molecule has 1 amide bonds.